The molecule has 1 aromatic carbocycles. The van der Waals surface area contributed by atoms with E-state index in [1.165, 1.54) is 0 Å². The Balaban J connectivity index is 2.24. The fraction of sp³-hybridized carbons (Fsp3) is 0.231. The molecule has 5 heteroatoms. The van der Waals surface area contributed by atoms with Gasteiger partial charge in [-0.2, -0.15) is 0 Å². The maximum absolute atomic E-state index is 5.62. The molecule has 2 N–H and O–H groups in total. The summed E-state index contributed by atoms with van der Waals surface area (Å²) < 4.78 is 10.4. The Morgan fingerprint density at radius 2 is 1.89 bits per heavy atom. The van der Waals surface area contributed by atoms with Crippen molar-refractivity contribution in [3.8, 4) is 11.5 Å². The van der Waals surface area contributed by atoms with E-state index in [1.54, 1.807) is 26.5 Å². The molecule has 2 rings (SSSR count). The van der Waals surface area contributed by atoms with Gasteiger partial charge in [-0.05, 0) is 23.8 Å². The lowest BCUT2D eigenvalue weighted by Gasteiger charge is -2.09. The number of hydrogen-bond acceptors (Lipinski definition) is 5. The summed E-state index contributed by atoms with van der Waals surface area (Å²) in [5, 5.41) is 0. The Morgan fingerprint density at radius 1 is 1.11 bits per heavy atom. The van der Waals surface area contributed by atoms with Crippen LogP contribution in [-0.4, -0.2) is 24.2 Å². The smallest absolute Gasteiger partial charge is 0.161 e. The molecule has 0 aliphatic carbocycles. The number of benzene rings is 1. The lowest BCUT2D eigenvalue weighted by molar-refractivity contribution is 0.354. The van der Waals surface area contributed by atoms with Crippen molar-refractivity contribution in [1.82, 2.24) is 9.97 Å². The van der Waals surface area contributed by atoms with Crippen LogP contribution in [0.3, 0.4) is 0 Å². The Bertz CT molecular complexity index is 544. The highest BCUT2D eigenvalue weighted by Crippen LogP contribution is 2.28. The monoisotopic (exact) mass is 245 g/mol. The van der Waals surface area contributed by atoms with Crippen LogP contribution < -0.4 is 15.2 Å². The first-order chi connectivity index (χ1) is 8.72. The Labute approximate surface area is 106 Å². The summed E-state index contributed by atoms with van der Waals surface area (Å²) in [4.78, 5) is 8.33. The SMILES string of the molecule is COc1ccc(Cc2nccc(N)n2)cc1OC. The van der Waals surface area contributed by atoms with Crippen molar-refractivity contribution in [2.75, 3.05) is 20.0 Å². The van der Waals surface area contributed by atoms with Gasteiger partial charge in [-0.3, -0.25) is 0 Å². The first kappa shape index (κ1) is 12.2. The van der Waals surface area contributed by atoms with Crippen molar-refractivity contribution < 1.29 is 9.47 Å². The molecule has 5 nitrogen and oxygen atoms in total. The van der Waals surface area contributed by atoms with Gasteiger partial charge < -0.3 is 15.2 Å². The van der Waals surface area contributed by atoms with Crippen LogP contribution >= 0.6 is 0 Å². The molecule has 0 saturated carbocycles. The first-order valence-electron chi connectivity index (χ1n) is 5.51. The summed E-state index contributed by atoms with van der Waals surface area (Å²) >= 11 is 0. The van der Waals surface area contributed by atoms with Gasteiger partial charge in [0.1, 0.15) is 11.6 Å². The molecule has 0 aliphatic heterocycles. The third-order valence-electron chi connectivity index (χ3n) is 2.54. The van der Waals surface area contributed by atoms with Crippen molar-refractivity contribution in [1.29, 1.82) is 0 Å². The molecule has 0 spiro atoms. The van der Waals surface area contributed by atoms with Crippen LogP contribution in [-0.2, 0) is 6.42 Å². The fourth-order valence-corrected chi connectivity index (χ4v) is 1.67. The minimum atomic E-state index is 0.473. The number of nitrogen functional groups attached to an aromatic ring is 1. The molecular formula is C13H15N3O2. The molecule has 2 aromatic rings. The second-order valence-electron chi connectivity index (χ2n) is 3.76. The number of hydrogen-bond donors (Lipinski definition) is 1. The van der Waals surface area contributed by atoms with E-state index in [0.717, 1.165) is 5.56 Å². The predicted molar refractivity (Wildman–Crippen MR) is 68.8 cm³/mol. The third kappa shape index (κ3) is 2.68. The van der Waals surface area contributed by atoms with E-state index in [0.29, 0.717) is 29.6 Å². The molecule has 18 heavy (non-hydrogen) atoms. The van der Waals surface area contributed by atoms with E-state index in [2.05, 4.69) is 9.97 Å². The molecule has 0 aliphatic rings. The van der Waals surface area contributed by atoms with Crippen molar-refractivity contribution in [2.45, 2.75) is 6.42 Å². The summed E-state index contributed by atoms with van der Waals surface area (Å²) in [5.74, 6) is 2.55. The largest absolute Gasteiger partial charge is 0.493 e. The maximum atomic E-state index is 5.62. The minimum absolute atomic E-state index is 0.473. The van der Waals surface area contributed by atoms with Crippen LogP contribution in [0, 0.1) is 0 Å². The first-order valence-corrected chi connectivity index (χ1v) is 5.51. The van der Waals surface area contributed by atoms with E-state index < -0.39 is 0 Å². The van der Waals surface area contributed by atoms with Gasteiger partial charge in [0, 0.05) is 12.6 Å². The van der Waals surface area contributed by atoms with E-state index in [-0.39, 0.29) is 0 Å². The Hall–Kier alpha value is -2.30. The summed E-state index contributed by atoms with van der Waals surface area (Å²) in [6.07, 6.45) is 2.25. The van der Waals surface area contributed by atoms with Crippen LogP contribution in [0.15, 0.2) is 30.5 Å². The van der Waals surface area contributed by atoms with Crippen molar-refractivity contribution in [3.05, 3.63) is 41.9 Å². The second kappa shape index (κ2) is 5.35. The lowest BCUT2D eigenvalue weighted by atomic mass is 10.1. The van der Waals surface area contributed by atoms with Gasteiger partial charge in [-0.1, -0.05) is 6.07 Å². The van der Waals surface area contributed by atoms with Crippen LogP contribution in [0.4, 0.5) is 5.82 Å². The average molecular weight is 245 g/mol. The minimum Gasteiger partial charge on any atom is -0.493 e. The number of nitrogens with zero attached hydrogens (tertiary/aromatic N) is 2. The number of anilines is 1. The zero-order chi connectivity index (χ0) is 13.0. The molecule has 94 valence electrons. The maximum Gasteiger partial charge on any atom is 0.161 e. The summed E-state index contributed by atoms with van der Waals surface area (Å²) in [5.41, 5.74) is 6.66. The summed E-state index contributed by atoms with van der Waals surface area (Å²) in [7, 11) is 3.22. The number of rotatable bonds is 4. The predicted octanol–water partition coefficient (Wildman–Crippen LogP) is 1.67. The molecule has 1 aromatic heterocycles. The van der Waals surface area contributed by atoms with Gasteiger partial charge in [0.15, 0.2) is 11.5 Å². The van der Waals surface area contributed by atoms with Gasteiger partial charge in [0.2, 0.25) is 0 Å². The van der Waals surface area contributed by atoms with Gasteiger partial charge >= 0.3 is 0 Å². The van der Waals surface area contributed by atoms with E-state index in [1.807, 2.05) is 18.2 Å². The molecule has 0 amide bonds. The quantitative estimate of drug-likeness (QED) is 0.887. The molecular weight excluding hydrogens is 230 g/mol. The zero-order valence-electron chi connectivity index (χ0n) is 10.4. The number of nitrogens with two attached hydrogens (primary N) is 1. The Morgan fingerprint density at radius 3 is 2.56 bits per heavy atom. The van der Waals surface area contributed by atoms with E-state index >= 15 is 0 Å². The highest BCUT2D eigenvalue weighted by molar-refractivity contribution is 5.43. The van der Waals surface area contributed by atoms with Crippen LogP contribution in [0.1, 0.15) is 11.4 Å². The van der Waals surface area contributed by atoms with Gasteiger partial charge in [-0.25, -0.2) is 9.97 Å². The number of methoxy groups -OCH3 is 2. The van der Waals surface area contributed by atoms with E-state index in [4.69, 9.17) is 15.2 Å². The molecule has 0 saturated heterocycles. The highest BCUT2D eigenvalue weighted by atomic mass is 16.5. The van der Waals surface area contributed by atoms with Crippen LogP contribution in [0.25, 0.3) is 0 Å². The molecule has 0 bridgehead atoms. The molecule has 0 unspecified atom stereocenters. The molecule has 0 fully saturated rings. The normalized spacial score (nSPS) is 10.1. The summed E-state index contributed by atoms with van der Waals surface area (Å²) in [6, 6.07) is 7.39. The van der Waals surface area contributed by atoms with Crippen molar-refractivity contribution in [2.24, 2.45) is 0 Å². The highest BCUT2D eigenvalue weighted by Gasteiger charge is 2.06. The van der Waals surface area contributed by atoms with Crippen molar-refractivity contribution in [3.63, 3.8) is 0 Å². The second-order valence-corrected chi connectivity index (χ2v) is 3.76. The molecule has 0 radical (unpaired) electrons. The van der Waals surface area contributed by atoms with Gasteiger partial charge in [0.25, 0.3) is 0 Å². The van der Waals surface area contributed by atoms with E-state index in [9.17, 15) is 0 Å². The summed E-state index contributed by atoms with van der Waals surface area (Å²) in [6.45, 7) is 0. The fourth-order valence-electron chi connectivity index (χ4n) is 1.67. The topological polar surface area (TPSA) is 70.3 Å². The standard InChI is InChI=1S/C13H15N3O2/c1-17-10-4-3-9(7-11(10)18-2)8-13-15-6-5-12(14)16-13/h3-7H,8H2,1-2H3,(H2,14,15,16). The Kier molecular flexibility index (Phi) is 3.62. The van der Waals surface area contributed by atoms with Gasteiger partial charge in [-0.15, -0.1) is 0 Å². The average Bonchev–Trinajstić information content (AvgIpc) is 2.38. The van der Waals surface area contributed by atoms with Crippen LogP contribution in [0.5, 0.6) is 11.5 Å². The van der Waals surface area contributed by atoms with Gasteiger partial charge in [0.05, 0.1) is 14.2 Å². The molecule has 1 heterocycles. The molecule has 0 atom stereocenters. The van der Waals surface area contributed by atoms with Crippen molar-refractivity contribution >= 4 is 5.82 Å². The number of ether oxygens (including phenoxy) is 2. The third-order valence-corrected chi connectivity index (χ3v) is 2.54. The van der Waals surface area contributed by atoms with Crippen LogP contribution in [0.2, 0.25) is 0 Å². The zero-order valence-corrected chi connectivity index (χ0v) is 10.4. The number of aromatic nitrogens is 2. The lowest BCUT2D eigenvalue weighted by Crippen LogP contribution is -2.00.